The second-order valence-electron chi connectivity index (χ2n) is 4.90. The Labute approximate surface area is 81.6 Å². The highest BCUT2D eigenvalue weighted by molar-refractivity contribution is 4.82. The number of hydrogen-bond donors (Lipinski definition) is 0. The minimum Gasteiger partial charge on any atom is -0.372 e. The van der Waals surface area contributed by atoms with Gasteiger partial charge < -0.3 is 9.47 Å². The third-order valence-corrected chi connectivity index (χ3v) is 2.29. The van der Waals surface area contributed by atoms with Gasteiger partial charge in [-0.05, 0) is 34.1 Å². The maximum absolute atomic E-state index is 5.95. The van der Waals surface area contributed by atoms with E-state index in [9.17, 15) is 0 Å². The van der Waals surface area contributed by atoms with Crippen molar-refractivity contribution in [2.45, 2.75) is 71.4 Å². The Bertz CT molecular complexity index is 160. The minimum atomic E-state index is -0.0501. The van der Waals surface area contributed by atoms with Gasteiger partial charge in [-0.2, -0.15) is 0 Å². The summed E-state index contributed by atoms with van der Waals surface area (Å²) in [5.74, 6) is 0. The van der Waals surface area contributed by atoms with Crippen LogP contribution in [0.4, 0.5) is 0 Å². The smallest absolute Gasteiger partial charge is 0.0868 e. The summed E-state index contributed by atoms with van der Waals surface area (Å²) in [6.07, 6.45) is 3.03. The molecule has 0 aromatic rings. The molecule has 0 amide bonds. The molecule has 0 bridgehead atoms. The molecule has 0 aromatic carbocycles. The Kier molecular flexibility index (Phi) is 3.36. The predicted molar refractivity (Wildman–Crippen MR) is 53.9 cm³/mol. The van der Waals surface area contributed by atoms with E-state index >= 15 is 0 Å². The molecule has 1 saturated heterocycles. The second kappa shape index (κ2) is 3.97. The summed E-state index contributed by atoms with van der Waals surface area (Å²) in [5.41, 5.74) is -0.0501. The molecule has 2 nitrogen and oxygen atoms in total. The Balaban J connectivity index is 2.49. The second-order valence-corrected chi connectivity index (χ2v) is 4.90. The molecule has 0 unspecified atom stereocenters. The van der Waals surface area contributed by atoms with Crippen LogP contribution in [0.3, 0.4) is 0 Å². The lowest BCUT2D eigenvalue weighted by atomic mass is 10.1. The summed E-state index contributed by atoms with van der Waals surface area (Å²) in [6, 6.07) is 0. The molecule has 13 heavy (non-hydrogen) atoms. The van der Waals surface area contributed by atoms with Crippen LogP contribution >= 0.6 is 0 Å². The van der Waals surface area contributed by atoms with Crippen molar-refractivity contribution >= 4 is 0 Å². The highest BCUT2D eigenvalue weighted by Crippen LogP contribution is 2.28. The first kappa shape index (κ1) is 11.0. The highest BCUT2D eigenvalue weighted by Gasteiger charge is 2.34. The SMILES string of the molecule is CC[C@H]1O[C@@H](C)C[C@@H]1OC(C)(C)C. The summed E-state index contributed by atoms with van der Waals surface area (Å²) in [6.45, 7) is 10.6. The van der Waals surface area contributed by atoms with E-state index < -0.39 is 0 Å². The Hall–Kier alpha value is -0.0800. The molecule has 1 fully saturated rings. The van der Waals surface area contributed by atoms with Gasteiger partial charge in [0, 0.05) is 6.42 Å². The van der Waals surface area contributed by atoms with Gasteiger partial charge in [-0.25, -0.2) is 0 Å². The van der Waals surface area contributed by atoms with E-state index in [2.05, 4.69) is 34.6 Å². The number of ether oxygens (including phenoxy) is 2. The average molecular weight is 186 g/mol. The van der Waals surface area contributed by atoms with E-state index in [1.54, 1.807) is 0 Å². The summed E-state index contributed by atoms with van der Waals surface area (Å²) in [5, 5.41) is 0. The van der Waals surface area contributed by atoms with E-state index in [0.29, 0.717) is 18.3 Å². The Morgan fingerprint density at radius 1 is 1.38 bits per heavy atom. The van der Waals surface area contributed by atoms with Crippen LogP contribution in [0.1, 0.15) is 47.5 Å². The van der Waals surface area contributed by atoms with Crippen LogP contribution in [0.15, 0.2) is 0 Å². The van der Waals surface area contributed by atoms with Crippen LogP contribution in [-0.2, 0) is 9.47 Å². The molecule has 3 atom stereocenters. The molecular weight excluding hydrogens is 164 g/mol. The van der Waals surface area contributed by atoms with Gasteiger partial charge in [0.2, 0.25) is 0 Å². The van der Waals surface area contributed by atoms with Gasteiger partial charge >= 0.3 is 0 Å². The molecule has 0 radical (unpaired) electrons. The van der Waals surface area contributed by atoms with E-state index in [-0.39, 0.29) is 5.60 Å². The molecule has 0 aliphatic carbocycles. The zero-order valence-electron chi connectivity index (χ0n) is 9.46. The molecule has 1 rings (SSSR count). The normalized spacial score (nSPS) is 35.3. The summed E-state index contributed by atoms with van der Waals surface area (Å²) in [4.78, 5) is 0. The maximum atomic E-state index is 5.95. The zero-order chi connectivity index (χ0) is 10.1. The van der Waals surface area contributed by atoms with Crippen molar-refractivity contribution in [3.63, 3.8) is 0 Å². The standard InChI is InChI=1S/C11H22O2/c1-6-9-10(7-8(2)12-9)13-11(3,4)5/h8-10H,6-7H2,1-5H3/t8-,9+,10-/m0/s1. The highest BCUT2D eigenvalue weighted by atomic mass is 16.6. The van der Waals surface area contributed by atoms with Crippen molar-refractivity contribution in [1.82, 2.24) is 0 Å². The van der Waals surface area contributed by atoms with E-state index in [1.165, 1.54) is 0 Å². The van der Waals surface area contributed by atoms with Gasteiger partial charge in [0.1, 0.15) is 0 Å². The molecule has 0 spiro atoms. The molecule has 1 heterocycles. The van der Waals surface area contributed by atoms with Gasteiger partial charge in [-0.3, -0.25) is 0 Å². The largest absolute Gasteiger partial charge is 0.372 e. The lowest BCUT2D eigenvalue weighted by Gasteiger charge is -2.27. The fourth-order valence-electron chi connectivity index (χ4n) is 1.86. The lowest BCUT2D eigenvalue weighted by molar-refractivity contribution is -0.0901. The van der Waals surface area contributed by atoms with E-state index in [1.807, 2.05) is 0 Å². The minimum absolute atomic E-state index is 0.0501. The van der Waals surface area contributed by atoms with Crippen molar-refractivity contribution < 1.29 is 9.47 Å². The van der Waals surface area contributed by atoms with Crippen LogP contribution < -0.4 is 0 Å². The van der Waals surface area contributed by atoms with E-state index in [4.69, 9.17) is 9.47 Å². The van der Waals surface area contributed by atoms with Gasteiger partial charge in [-0.15, -0.1) is 0 Å². The molecule has 2 heteroatoms. The summed E-state index contributed by atoms with van der Waals surface area (Å²) in [7, 11) is 0. The quantitative estimate of drug-likeness (QED) is 0.660. The van der Waals surface area contributed by atoms with Crippen molar-refractivity contribution in [1.29, 1.82) is 0 Å². The van der Waals surface area contributed by atoms with Crippen LogP contribution in [0.25, 0.3) is 0 Å². The first-order valence-electron chi connectivity index (χ1n) is 5.25. The van der Waals surface area contributed by atoms with Crippen LogP contribution in [0.5, 0.6) is 0 Å². The molecular formula is C11H22O2. The number of rotatable bonds is 2. The van der Waals surface area contributed by atoms with Crippen molar-refractivity contribution in [2.24, 2.45) is 0 Å². The molecule has 0 saturated carbocycles. The van der Waals surface area contributed by atoms with Crippen LogP contribution in [0.2, 0.25) is 0 Å². The number of hydrogen-bond acceptors (Lipinski definition) is 2. The average Bonchev–Trinajstić information content (AvgIpc) is 2.27. The first-order valence-corrected chi connectivity index (χ1v) is 5.25. The Morgan fingerprint density at radius 2 is 2.00 bits per heavy atom. The van der Waals surface area contributed by atoms with Gasteiger partial charge in [0.15, 0.2) is 0 Å². The summed E-state index contributed by atoms with van der Waals surface area (Å²) < 4.78 is 11.7. The Morgan fingerprint density at radius 3 is 2.46 bits per heavy atom. The maximum Gasteiger partial charge on any atom is 0.0868 e. The molecule has 1 aliphatic rings. The zero-order valence-corrected chi connectivity index (χ0v) is 9.46. The van der Waals surface area contributed by atoms with Crippen LogP contribution in [-0.4, -0.2) is 23.9 Å². The topological polar surface area (TPSA) is 18.5 Å². The molecule has 1 aliphatic heterocycles. The fraction of sp³-hybridized carbons (Fsp3) is 1.00. The van der Waals surface area contributed by atoms with Crippen LogP contribution in [0, 0.1) is 0 Å². The third-order valence-electron chi connectivity index (χ3n) is 2.29. The fourth-order valence-corrected chi connectivity index (χ4v) is 1.86. The van der Waals surface area contributed by atoms with E-state index in [0.717, 1.165) is 12.8 Å². The van der Waals surface area contributed by atoms with Gasteiger partial charge in [0.05, 0.1) is 23.9 Å². The first-order chi connectivity index (χ1) is 5.92. The molecule has 78 valence electrons. The van der Waals surface area contributed by atoms with Crippen molar-refractivity contribution in [3.05, 3.63) is 0 Å². The van der Waals surface area contributed by atoms with Gasteiger partial charge in [0.25, 0.3) is 0 Å². The van der Waals surface area contributed by atoms with Crippen molar-refractivity contribution in [2.75, 3.05) is 0 Å². The third kappa shape index (κ3) is 3.28. The molecule has 0 aromatic heterocycles. The van der Waals surface area contributed by atoms with Crippen molar-refractivity contribution in [3.8, 4) is 0 Å². The lowest BCUT2D eigenvalue weighted by Crippen LogP contribution is -2.32. The molecule has 0 N–H and O–H groups in total. The summed E-state index contributed by atoms with van der Waals surface area (Å²) >= 11 is 0. The monoisotopic (exact) mass is 186 g/mol. The predicted octanol–water partition coefficient (Wildman–Crippen LogP) is 2.76. The van der Waals surface area contributed by atoms with Gasteiger partial charge in [-0.1, -0.05) is 6.92 Å².